The highest BCUT2D eigenvalue weighted by molar-refractivity contribution is 9.10. The average Bonchev–Trinajstić information content (AvgIpc) is 2.80. The number of hydrogen-bond donors (Lipinski definition) is 1. The lowest BCUT2D eigenvalue weighted by Crippen LogP contribution is -2.26. The third-order valence-electron chi connectivity index (χ3n) is 2.33. The van der Waals surface area contributed by atoms with Crippen LogP contribution in [0.1, 0.15) is 23.3 Å². The fourth-order valence-electron chi connectivity index (χ4n) is 1.38. The summed E-state index contributed by atoms with van der Waals surface area (Å²) in [7, 11) is 0. The highest BCUT2D eigenvalue weighted by atomic mass is 79.9. The largest absolute Gasteiger partial charge is 0.348 e. The Morgan fingerprint density at radius 1 is 1.67 bits per heavy atom. The molecular weight excluding hydrogens is 278 g/mol. The Hall–Kier alpha value is -0.880. The van der Waals surface area contributed by atoms with Crippen LogP contribution < -0.4 is 5.32 Å². The molecule has 1 N–H and O–H groups in total. The normalized spacial score (nSPS) is 15.8. The van der Waals surface area contributed by atoms with Gasteiger partial charge in [-0.25, -0.2) is 4.98 Å². The van der Waals surface area contributed by atoms with E-state index >= 15 is 0 Å². The van der Waals surface area contributed by atoms with Crippen molar-refractivity contribution in [2.45, 2.75) is 18.9 Å². The second kappa shape index (κ2) is 3.31. The van der Waals surface area contributed by atoms with Crippen molar-refractivity contribution in [3.63, 3.8) is 0 Å². The number of rotatable bonds is 2. The van der Waals surface area contributed by atoms with E-state index in [0.717, 1.165) is 22.4 Å². The maximum Gasteiger partial charge on any atom is 0.272 e. The first kappa shape index (κ1) is 9.35. The molecule has 0 aromatic carbocycles. The van der Waals surface area contributed by atoms with Crippen LogP contribution in [0.4, 0.5) is 0 Å². The van der Waals surface area contributed by atoms with Crippen molar-refractivity contribution in [1.82, 2.24) is 14.7 Å². The molecule has 0 bridgehead atoms. The summed E-state index contributed by atoms with van der Waals surface area (Å²) in [6.45, 7) is 0. The van der Waals surface area contributed by atoms with Crippen LogP contribution in [0.2, 0.25) is 0 Å². The third kappa shape index (κ3) is 1.57. The zero-order chi connectivity index (χ0) is 10.4. The molecule has 2 aromatic rings. The van der Waals surface area contributed by atoms with Crippen molar-refractivity contribution in [2.24, 2.45) is 0 Å². The number of halogens is 1. The van der Waals surface area contributed by atoms with Crippen LogP contribution in [0.25, 0.3) is 4.96 Å². The summed E-state index contributed by atoms with van der Waals surface area (Å²) in [5, 5.41) is 4.86. The summed E-state index contributed by atoms with van der Waals surface area (Å²) in [5.41, 5.74) is 0.480. The van der Waals surface area contributed by atoms with E-state index in [1.165, 1.54) is 11.3 Å². The zero-order valence-electron chi connectivity index (χ0n) is 7.74. The predicted molar refractivity (Wildman–Crippen MR) is 61.3 cm³/mol. The van der Waals surface area contributed by atoms with Crippen LogP contribution in [0.5, 0.6) is 0 Å². The SMILES string of the molecule is O=C(NC1CC1)c1nc2sccn2c1Br. The quantitative estimate of drug-likeness (QED) is 0.918. The summed E-state index contributed by atoms with van der Waals surface area (Å²) in [4.78, 5) is 16.9. The lowest BCUT2D eigenvalue weighted by Gasteiger charge is -1.99. The van der Waals surface area contributed by atoms with Gasteiger partial charge in [-0.05, 0) is 28.8 Å². The molecule has 3 rings (SSSR count). The molecule has 0 saturated heterocycles. The number of imidazole rings is 1. The molecule has 1 saturated carbocycles. The third-order valence-corrected chi connectivity index (χ3v) is 3.85. The summed E-state index contributed by atoms with van der Waals surface area (Å²) in [5.74, 6) is -0.0831. The lowest BCUT2D eigenvalue weighted by molar-refractivity contribution is 0.0946. The molecule has 4 nitrogen and oxygen atoms in total. The number of aromatic nitrogens is 2. The number of nitrogens with zero attached hydrogens (tertiary/aromatic N) is 2. The van der Waals surface area contributed by atoms with Crippen molar-refractivity contribution in [3.8, 4) is 0 Å². The van der Waals surface area contributed by atoms with Crippen molar-refractivity contribution >= 4 is 38.1 Å². The van der Waals surface area contributed by atoms with E-state index in [0.29, 0.717) is 11.7 Å². The fraction of sp³-hybridized carbons (Fsp3) is 0.333. The Bertz CT molecular complexity index is 528. The molecule has 0 radical (unpaired) electrons. The van der Waals surface area contributed by atoms with Gasteiger partial charge in [0.2, 0.25) is 0 Å². The summed E-state index contributed by atoms with van der Waals surface area (Å²) >= 11 is 4.90. The lowest BCUT2D eigenvalue weighted by atomic mass is 10.4. The van der Waals surface area contributed by atoms with Gasteiger partial charge in [0.25, 0.3) is 5.91 Å². The highest BCUT2D eigenvalue weighted by Crippen LogP contribution is 2.24. The van der Waals surface area contributed by atoms with Gasteiger partial charge in [0.05, 0.1) is 0 Å². The smallest absolute Gasteiger partial charge is 0.272 e. The molecule has 2 heterocycles. The maximum absolute atomic E-state index is 11.8. The minimum Gasteiger partial charge on any atom is -0.348 e. The number of hydrogen-bond acceptors (Lipinski definition) is 3. The fourth-order valence-corrected chi connectivity index (χ4v) is 2.77. The number of carbonyl (C=O) groups is 1. The number of carbonyl (C=O) groups excluding carboxylic acids is 1. The van der Waals surface area contributed by atoms with Crippen LogP contribution in [-0.2, 0) is 0 Å². The van der Waals surface area contributed by atoms with Gasteiger partial charge in [0.15, 0.2) is 10.7 Å². The second-order valence-electron chi connectivity index (χ2n) is 3.55. The second-order valence-corrected chi connectivity index (χ2v) is 5.18. The molecule has 0 atom stereocenters. The first-order valence-electron chi connectivity index (χ1n) is 4.67. The Kier molecular flexibility index (Phi) is 2.07. The maximum atomic E-state index is 11.8. The summed E-state index contributed by atoms with van der Waals surface area (Å²) in [6, 6.07) is 0.365. The molecule has 0 aliphatic heterocycles. The zero-order valence-corrected chi connectivity index (χ0v) is 10.1. The molecule has 1 aliphatic rings. The van der Waals surface area contributed by atoms with Crippen LogP contribution in [0, 0.1) is 0 Å². The van der Waals surface area contributed by atoms with E-state index in [4.69, 9.17) is 0 Å². The van der Waals surface area contributed by atoms with E-state index in [1.54, 1.807) is 0 Å². The molecule has 0 unspecified atom stereocenters. The van der Waals surface area contributed by atoms with Crippen LogP contribution in [0.15, 0.2) is 16.2 Å². The molecule has 1 fully saturated rings. The molecule has 1 aliphatic carbocycles. The van der Waals surface area contributed by atoms with E-state index in [-0.39, 0.29) is 5.91 Å². The summed E-state index contributed by atoms with van der Waals surface area (Å²) in [6.07, 6.45) is 4.07. The molecule has 2 aromatic heterocycles. The molecular formula is C9H8BrN3OS. The summed E-state index contributed by atoms with van der Waals surface area (Å²) < 4.78 is 2.60. The Labute approximate surface area is 98.4 Å². The van der Waals surface area contributed by atoms with Crippen molar-refractivity contribution < 1.29 is 4.79 Å². The number of thiazole rings is 1. The van der Waals surface area contributed by atoms with Gasteiger partial charge in [-0.15, -0.1) is 11.3 Å². The predicted octanol–water partition coefficient (Wildman–Crippen LogP) is 2.05. The average molecular weight is 286 g/mol. The number of amides is 1. The first-order chi connectivity index (χ1) is 7.25. The van der Waals surface area contributed by atoms with Gasteiger partial charge in [0.1, 0.15) is 4.60 Å². The van der Waals surface area contributed by atoms with Gasteiger partial charge in [0, 0.05) is 17.6 Å². The Balaban J connectivity index is 1.98. The number of nitrogens with one attached hydrogen (secondary N) is 1. The van der Waals surface area contributed by atoms with Crippen molar-refractivity contribution in [1.29, 1.82) is 0 Å². The Morgan fingerprint density at radius 2 is 2.47 bits per heavy atom. The van der Waals surface area contributed by atoms with Gasteiger partial charge in [-0.3, -0.25) is 9.20 Å². The van der Waals surface area contributed by atoms with Gasteiger partial charge >= 0.3 is 0 Å². The van der Waals surface area contributed by atoms with Crippen LogP contribution in [0.3, 0.4) is 0 Å². The minimum absolute atomic E-state index is 0.0831. The minimum atomic E-state index is -0.0831. The molecule has 6 heteroatoms. The Morgan fingerprint density at radius 3 is 3.13 bits per heavy atom. The van der Waals surface area contributed by atoms with Gasteiger partial charge in [-0.1, -0.05) is 0 Å². The molecule has 0 spiro atoms. The van der Waals surface area contributed by atoms with Crippen molar-refractivity contribution in [3.05, 3.63) is 21.9 Å². The molecule has 78 valence electrons. The van der Waals surface area contributed by atoms with Crippen LogP contribution >= 0.6 is 27.3 Å². The van der Waals surface area contributed by atoms with E-state index in [1.807, 2.05) is 16.0 Å². The standard InChI is InChI=1S/C9H8BrN3OS/c10-7-6(8(14)11-5-1-2-5)12-9-13(7)3-4-15-9/h3-5H,1-2H2,(H,11,14). The topological polar surface area (TPSA) is 46.4 Å². The van der Waals surface area contributed by atoms with Crippen LogP contribution in [-0.4, -0.2) is 21.3 Å². The van der Waals surface area contributed by atoms with E-state index < -0.39 is 0 Å². The first-order valence-corrected chi connectivity index (χ1v) is 6.35. The van der Waals surface area contributed by atoms with Gasteiger partial charge in [-0.2, -0.15) is 0 Å². The van der Waals surface area contributed by atoms with E-state index in [2.05, 4.69) is 26.2 Å². The van der Waals surface area contributed by atoms with E-state index in [9.17, 15) is 4.79 Å². The highest BCUT2D eigenvalue weighted by Gasteiger charge is 2.26. The van der Waals surface area contributed by atoms with Crippen molar-refractivity contribution in [2.75, 3.05) is 0 Å². The monoisotopic (exact) mass is 285 g/mol. The number of fused-ring (bicyclic) bond motifs is 1. The van der Waals surface area contributed by atoms with Gasteiger partial charge < -0.3 is 5.32 Å². The molecule has 15 heavy (non-hydrogen) atoms. The molecule has 1 amide bonds.